The summed E-state index contributed by atoms with van der Waals surface area (Å²) in [4.78, 5) is 10.8. The van der Waals surface area contributed by atoms with Crippen molar-refractivity contribution in [1.29, 1.82) is 0 Å². The zero-order chi connectivity index (χ0) is 17.4. The number of halogens is 3. The van der Waals surface area contributed by atoms with Gasteiger partial charge in [0, 0.05) is 18.2 Å². The second-order valence-corrected chi connectivity index (χ2v) is 7.11. The van der Waals surface area contributed by atoms with Crippen LogP contribution in [-0.2, 0) is 0 Å². The minimum atomic E-state index is -4.16. The quantitative estimate of drug-likeness (QED) is 0.834. The molecule has 3 atom stereocenters. The van der Waals surface area contributed by atoms with Crippen molar-refractivity contribution in [2.45, 2.75) is 45.8 Å². The van der Waals surface area contributed by atoms with E-state index in [1.165, 1.54) is 12.1 Å². The summed E-state index contributed by atoms with van der Waals surface area (Å²) in [6.07, 6.45) is -4.28. The molecule has 0 spiro atoms. The summed E-state index contributed by atoms with van der Waals surface area (Å²) >= 11 is 0. The van der Waals surface area contributed by atoms with Crippen LogP contribution < -0.4 is 5.32 Å². The third-order valence-electron chi connectivity index (χ3n) is 4.95. The molecule has 1 aromatic carbocycles. The van der Waals surface area contributed by atoms with E-state index in [1.807, 2.05) is 20.8 Å². The lowest BCUT2D eigenvalue weighted by Gasteiger charge is -2.30. The SMILES string of the molecule is CC1C(Nc2ccc(C(=O)O)cc2)CC(C)(C)C1CC(F)(F)F. The molecule has 1 aliphatic carbocycles. The average Bonchev–Trinajstić information content (AvgIpc) is 2.61. The van der Waals surface area contributed by atoms with Crippen LogP contribution >= 0.6 is 0 Å². The van der Waals surface area contributed by atoms with Gasteiger partial charge in [-0.3, -0.25) is 0 Å². The standard InChI is InChI=1S/C17H22F3NO2/c1-10-13(8-17(18,19)20)16(2,3)9-14(10)21-12-6-4-11(5-7-12)15(22)23/h4-7,10,13-14,21H,8-9H2,1-3H3,(H,22,23). The number of benzene rings is 1. The maximum absolute atomic E-state index is 12.8. The van der Waals surface area contributed by atoms with Crippen LogP contribution in [-0.4, -0.2) is 23.3 Å². The molecule has 0 bridgehead atoms. The molecule has 1 saturated carbocycles. The summed E-state index contributed by atoms with van der Waals surface area (Å²) in [5.74, 6) is -1.55. The highest BCUT2D eigenvalue weighted by Gasteiger charge is 2.50. The summed E-state index contributed by atoms with van der Waals surface area (Å²) < 4.78 is 38.5. The Morgan fingerprint density at radius 1 is 1.30 bits per heavy atom. The number of carboxylic acid groups (broad SMARTS) is 1. The van der Waals surface area contributed by atoms with Gasteiger partial charge in [0.15, 0.2) is 0 Å². The van der Waals surface area contributed by atoms with Gasteiger partial charge in [0.2, 0.25) is 0 Å². The topological polar surface area (TPSA) is 49.3 Å². The third kappa shape index (κ3) is 4.18. The molecule has 1 fully saturated rings. The van der Waals surface area contributed by atoms with E-state index in [0.29, 0.717) is 6.42 Å². The van der Waals surface area contributed by atoms with Gasteiger partial charge in [-0.1, -0.05) is 20.8 Å². The van der Waals surface area contributed by atoms with Crippen LogP contribution in [0.2, 0.25) is 0 Å². The van der Waals surface area contributed by atoms with Crippen molar-refractivity contribution >= 4 is 11.7 Å². The molecule has 6 heteroatoms. The molecule has 0 amide bonds. The van der Waals surface area contributed by atoms with Gasteiger partial charge in [0.1, 0.15) is 0 Å². The maximum atomic E-state index is 12.8. The van der Waals surface area contributed by atoms with Crippen molar-refractivity contribution in [3.05, 3.63) is 29.8 Å². The van der Waals surface area contributed by atoms with Gasteiger partial charge in [-0.05, 0) is 47.9 Å². The molecule has 0 aliphatic heterocycles. The highest BCUT2D eigenvalue weighted by molar-refractivity contribution is 5.88. The number of anilines is 1. The molecule has 3 unspecified atom stereocenters. The number of carboxylic acids is 1. The molecule has 0 aromatic heterocycles. The third-order valence-corrected chi connectivity index (χ3v) is 4.95. The minimum absolute atomic E-state index is 0.0620. The second kappa shape index (κ2) is 6.06. The van der Waals surface area contributed by atoms with E-state index >= 15 is 0 Å². The van der Waals surface area contributed by atoms with Crippen molar-refractivity contribution in [3.8, 4) is 0 Å². The molecule has 1 aromatic rings. The Labute approximate surface area is 133 Å². The lowest BCUT2D eigenvalue weighted by molar-refractivity contribution is -0.153. The Hall–Kier alpha value is -1.72. The Kier molecular flexibility index (Phi) is 4.64. The lowest BCUT2D eigenvalue weighted by Crippen LogP contribution is -2.29. The summed E-state index contributed by atoms with van der Waals surface area (Å²) in [6, 6.07) is 6.22. The van der Waals surface area contributed by atoms with E-state index in [9.17, 15) is 18.0 Å². The van der Waals surface area contributed by atoms with E-state index in [0.717, 1.165) is 5.69 Å². The Balaban J connectivity index is 2.10. The number of nitrogens with one attached hydrogen (secondary N) is 1. The van der Waals surface area contributed by atoms with Gasteiger partial charge in [0.25, 0.3) is 0 Å². The van der Waals surface area contributed by atoms with Gasteiger partial charge in [-0.15, -0.1) is 0 Å². The van der Waals surface area contributed by atoms with Gasteiger partial charge in [0.05, 0.1) is 5.56 Å². The molecule has 128 valence electrons. The zero-order valence-corrected chi connectivity index (χ0v) is 13.4. The lowest BCUT2D eigenvalue weighted by atomic mass is 9.77. The first-order valence-corrected chi connectivity index (χ1v) is 7.66. The number of hydrogen-bond donors (Lipinski definition) is 2. The van der Waals surface area contributed by atoms with Crippen molar-refractivity contribution in [2.75, 3.05) is 5.32 Å². The molecule has 0 heterocycles. The monoisotopic (exact) mass is 329 g/mol. The van der Waals surface area contributed by atoms with Crippen LogP contribution in [0, 0.1) is 17.3 Å². The van der Waals surface area contributed by atoms with Gasteiger partial charge in [-0.25, -0.2) is 4.79 Å². The normalized spacial score (nSPS) is 27.0. The summed E-state index contributed by atoms with van der Waals surface area (Å²) in [7, 11) is 0. The van der Waals surface area contributed by atoms with Crippen LogP contribution in [0.15, 0.2) is 24.3 Å². The first-order valence-electron chi connectivity index (χ1n) is 7.66. The Morgan fingerprint density at radius 3 is 2.35 bits per heavy atom. The van der Waals surface area contributed by atoms with Crippen molar-refractivity contribution in [2.24, 2.45) is 17.3 Å². The van der Waals surface area contributed by atoms with Crippen LogP contribution in [0.4, 0.5) is 18.9 Å². The average molecular weight is 329 g/mol. The second-order valence-electron chi connectivity index (χ2n) is 7.11. The predicted molar refractivity (Wildman–Crippen MR) is 82.5 cm³/mol. The minimum Gasteiger partial charge on any atom is -0.478 e. The van der Waals surface area contributed by atoms with Crippen molar-refractivity contribution < 1.29 is 23.1 Å². The Bertz CT molecular complexity index is 566. The molecule has 2 rings (SSSR count). The molecule has 0 radical (unpaired) electrons. The highest BCUT2D eigenvalue weighted by atomic mass is 19.4. The molecular formula is C17H22F3NO2. The maximum Gasteiger partial charge on any atom is 0.389 e. The molecule has 2 N–H and O–H groups in total. The fraction of sp³-hybridized carbons (Fsp3) is 0.588. The first-order chi connectivity index (χ1) is 10.5. The van der Waals surface area contributed by atoms with E-state index in [2.05, 4.69) is 5.32 Å². The van der Waals surface area contributed by atoms with Crippen molar-refractivity contribution in [3.63, 3.8) is 0 Å². The number of rotatable bonds is 4. The smallest absolute Gasteiger partial charge is 0.389 e. The summed E-state index contributed by atoms with van der Waals surface area (Å²) in [5.41, 5.74) is 0.522. The summed E-state index contributed by atoms with van der Waals surface area (Å²) in [6.45, 7) is 5.62. The highest BCUT2D eigenvalue weighted by Crippen LogP contribution is 2.51. The van der Waals surface area contributed by atoms with E-state index < -0.39 is 29.9 Å². The van der Waals surface area contributed by atoms with Gasteiger partial charge in [-0.2, -0.15) is 13.2 Å². The van der Waals surface area contributed by atoms with Crippen molar-refractivity contribution in [1.82, 2.24) is 0 Å². The predicted octanol–water partition coefficient (Wildman–Crippen LogP) is 4.80. The van der Waals surface area contributed by atoms with Gasteiger partial charge < -0.3 is 10.4 Å². The zero-order valence-electron chi connectivity index (χ0n) is 13.4. The largest absolute Gasteiger partial charge is 0.478 e. The van der Waals surface area contributed by atoms with E-state index in [4.69, 9.17) is 5.11 Å². The summed E-state index contributed by atoms with van der Waals surface area (Å²) in [5, 5.41) is 12.2. The Morgan fingerprint density at radius 2 is 1.87 bits per heavy atom. The first kappa shape index (κ1) is 17.6. The van der Waals surface area contributed by atoms with Gasteiger partial charge >= 0.3 is 12.1 Å². The molecule has 0 saturated heterocycles. The fourth-order valence-corrected chi connectivity index (χ4v) is 3.71. The van der Waals surface area contributed by atoms with E-state index in [1.54, 1.807) is 12.1 Å². The van der Waals surface area contributed by atoms with Crippen LogP contribution in [0.3, 0.4) is 0 Å². The number of carbonyl (C=O) groups is 1. The molecular weight excluding hydrogens is 307 g/mol. The molecule has 3 nitrogen and oxygen atoms in total. The van der Waals surface area contributed by atoms with E-state index in [-0.39, 0.29) is 17.5 Å². The molecule has 23 heavy (non-hydrogen) atoms. The number of aromatic carboxylic acids is 1. The number of hydrogen-bond acceptors (Lipinski definition) is 2. The van der Waals surface area contributed by atoms with Crippen LogP contribution in [0.25, 0.3) is 0 Å². The molecule has 1 aliphatic rings. The van der Waals surface area contributed by atoms with Crippen LogP contribution in [0.5, 0.6) is 0 Å². The number of alkyl halides is 3. The fourth-order valence-electron chi connectivity index (χ4n) is 3.71. The van der Waals surface area contributed by atoms with Crippen LogP contribution in [0.1, 0.15) is 44.0 Å².